The molecule has 0 atom stereocenters. The summed E-state index contributed by atoms with van der Waals surface area (Å²) in [4.78, 5) is 16.2. The van der Waals surface area contributed by atoms with E-state index in [9.17, 15) is 4.39 Å². The Kier molecular flexibility index (Phi) is 3.12. The molecule has 2 aromatic carbocycles. The Bertz CT molecular complexity index is 1270. The number of aromatic nitrogens is 4. The average Bonchev–Trinajstić information content (AvgIpc) is 3.24. The first kappa shape index (κ1) is 14.8. The second-order valence-corrected chi connectivity index (χ2v) is 6.20. The first-order valence-corrected chi connectivity index (χ1v) is 8.14. The molecule has 3 heterocycles. The molecule has 0 aliphatic heterocycles. The fourth-order valence-electron chi connectivity index (χ4n) is 3.00. The van der Waals surface area contributed by atoms with Crippen molar-refractivity contribution in [2.24, 2.45) is 0 Å². The maximum atomic E-state index is 13.4. The minimum Gasteiger partial charge on any atom is -0.434 e. The highest BCUT2D eigenvalue weighted by Gasteiger charge is 2.14. The smallest absolute Gasteiger partial charge is 0.264 e. The Labute approximate surface area is 147 Å². The number of fused-ring (bicyclic) bond motifs is 2. The monoisotopic (exact) mass is 344 g/mol. The summed E-state index contributed by atoms with van der Waals surface area (Å²) < 4.78 is 19.2. The zero-order chi connectivity index (χ0) is 17.7. The highest BCUT2D eigenvalue weighted by Crippen LogP contribution is 2.28. The number of halogens is 1. The summed E-state index contributed by atoms with van der Waals surface area (Å²) in [6.45, 7) is 2.01. The quantitative estimate of drug-likeness (QED) is 0.495. The minimum atomic E-state index is -0.318. The second kappa shape index (κ2) is 5.49. The number of nitrogens with zero attached hydrogens (tertiary/aromatic N) is 3. The molecular formula is C20H13FN4O. The van der Waals surface area contributed by atoms with Crippen LogP contribution in [0.2, 0.25) is 0 Å². The van der Waals surface area contributed by atoms with Gasteiger partial charge in [0.05, 0.1) is 11.0 Å². The number of rotatable bonds is 2. The summed E-state index contributed by atoms with van der Waals surface area (Å²) in [6.07, 6.45) is 3.64. The van der Waals surface area contributed by atoms with Crippen LogP contribution in [0.1, 0.15) is 5.56 Å². The summed E-state index contributed by atoms with van der Waals surface area (Å²) in [6, 6.07) is 12.3. The molecule has 0 aliphatic rings. The molecule has 3 aromatic heterocycles. The molecule has 0 unspecified atom stereocenters. The van der Waals surface area contributed by atoms with Gasteiger partial charge in [-0.1, -0.05) is 6.07 Å². The Morgan fingerprint density at radius 3 is 2.69 bits per heavy atom. The van der Waals surface area contributed by atoms with Crippen LogP contribution in [0.3, 0.4) is 0 Å². The Hall–Kier alpha value is -3.54. The molecule has 5 rings (SSSR count). The van der Waals surface area contributed by atoms with Crippen molar-refractivity contribution in [2.45, 2.75) is 6.92 Å². The number of hydrogen-bond acceptors (Lipinski definition) is 4. The van der Waals surface area contributed by atoms with E-state index in [0.29, 0.717) is 28.3 Å². The van der Waals surface area contributed by atoms with Crippen molar-refractivity contribution in [3.05, 3.63) is 66.2 Å². The third kappa shape index (κ3) is 2.43. The molecule has 0 fully saturated rings. The number of aromatic amines is 1. The molecule has 0 saturated heterocycles. The molecule has 0 spiro atoms. The van der Waals surface area contributed by atoms with Crippen LogP contribution in [-0.4, -0.2) is 19.9 Å². The first-order valence-electron chi connectivity index (χ1n) is 8.14. The molecule has 6 heteroatoms. The summed E-state index contributed by atoms with van der Waals surface area (Å²) in [5, 5.41) is 0. The van der Waals surface area contributed by atoms with Crippen LogP contribution < -0.4 is 0 Å². The van der Waals surface area contributed by atoms with Gasteiger partial charge in [0.25, 0.3) is 5.89 Å². The van der Waals surface area contributed by atoms with Gasteiger partial charge in [-0.3, -0.25) is 4.98 Å². The van der Waals surface area contributed by atoms with Crippen molar-refractivity contribution in [2.75, 3.05) is 0 Å². The lowest BCUT2D eigenvalue weighted by Crippen LogP contribution is -1.82. The van der Waals surface area contributed by atoms with E-state index in [1.807, 2.05) is 37.5 Å². The van der Waals surface area contributed by atoms with Crippen molar-refractivity contribution >= 4 is 22.1 Å². The van der Waals surface area contributed by atoms with Gasteiger partial charge in [-0.25, -0.2) is 14.4 Å². The highest BCUT2D eigenvalue weighted by molar-refractivity contribution is 5.83. The normalized spacial score (nSPS) is 11.5. The van der Waals surface area contributed by atoms with Crippen LogP contribution in [0.5, 0.6) is 0 Å². The molecule has 126 valence electrons. The van der Waals surface area contributed by atoms with Crippen LogP contribution in [-0.2, 0) is 0 Å². The van der Waals surface area contributed by atoms with Gasteiger partial charge in [0, 0.05) is 18.0 Å². The van der Waals surface area contributed by atoms with Crippen molar-refractivity contribution in [1.82, 2.24) is 19.9 Å². The molecule has 5 aromatic rings. The van der Waals surface area contributed by atoms with Gasteiger partial charge in [0.15, 0.2) is 11.4 Å². The van der Waals surface area contributed by atoms with Crippen molar-refractivity contribution in [3.63, 3.8) is 0 Å². The summed E-state index contributed by atoms with van der Waals surface area (Å²) in [7, 11) is 0. The predicted molar refractivity (Wildman–Crippen MR) is 97.0 cm³/mol. The standard InChI is InChI=1S/C20H13FN4O/c1-11-6-13(10-22-9-11)12-2-4-16-18(7-12)26-20(25-16)19-23-15-5-3-14(21)8-17(15)24-19/h2-10H,1H3,(H,23,24). The van der Waals surface area contributed by atoms with Crippen molar-refractivity contribution < 1.29 is 8.81 Å². The van der Waals surface area contributed by atoms with Crippen LogP contribution in [0, 0.1) is 12.7 Å². The highest BCUT2D eigenvalue weighted by atomic mass is 19.1. The van der Waals surface area contributed by atoms with E-state index in [2.05, 4.69) is 26.0 Å². The Morgan fingerprint density at radius 2 is 1.81 bits per heavy atom. The number of imidazole rings is 1. The third-order valence-corrected chi connectivity index (χ3v) is 4.24. The summed E-state index contributed by atoms with van der Waals surface area (Å²) in [5.41, 5.74) is 5.77. The first-order chi connectivity index (χ1) is 12.7. The molecule has 5 nitrogen and oxygen atoms in total. The SMILES string of the molecule is Cc1cncc(-c2ccc3nc(-c4nc5ccc(F)cc5[nH]4)oc3c2)c1. The molecule has 0 amide bonds. The van der Waals surface area contributed by atoms with Gasteiger partial charge < -0.3 is 9.40 Å². The van der Waals surface area contributed by atoms with Gasteiger partial charge >= 0.3 is 0 Å². The zero-order valence-electron chi connectivity index (χ0n) is 13.8. The van der Waals surface area contributed by atoms with Crippen LogP contribution in [0.4, 0.5) is 4.39 Å². The lowest BCUT2D eigenvalue weighted by molar-refractivity contribution is 0.614. The van der Waals surface area contributed by atoms with Gasteiger partial charge in [0.1, 0.15) is 11.3 Å². The second-order valence-electron chi connectivity index (χ2n) is 6.20. The van der Waals surface area contributed by atoms with E-state index < -0.39 is 0 Å². The van der Waals surface area contributed by atoms with E-state index >= 15 is 0 Å². The van der Waals surface area contributed by atoms with E-state index in [1.54, 1.807) is 6.07 Å². The Morgan fingerprint density at radius 1 is 0.923 bits per heavy atom. The minimum absolute atomic E-state index is 0.318. The van der Waals surface area contributed by atoms with Crippen LogP contribution in [0.15, 0.2) is 59.3 Å². The fourth-order valence-corrected chi connectivity index (χ4v) is 3.00. The Balaban J connectivity index is 1.60. The maximum Gasteiger partial charge on any atom is 0.264 e. The molecule has 26 heavy (non-hydrogen) atoms. The number of hydrogen-bond donors (Lipinski definition) is 1. The van der Waals surface area contributed by atoms with Crippen LogP contribution in [0.25, 0.3) is 45.0 Å². The predicted octanol–water partition coefficient (Wildman–Crippen LogP) is 4.88. The topological polar surface area (TPSA) is 67.6 Å². The van der Waals surface area contributed by atoms with E-state index in [1.165, 1.54) is 12.1 Å². The number of aryl methyl sites for hydroxylation is 1. The van der Waals surface area contributed by atoms with Crippen LogP contribution >= 0.6 is 0 Å². The maximum absolute atomic E-state index is 13.4. The molecule has 0 bridgehead atoms. The summed E-state index contributed by atoms with van der Waals surface area (Å²) in [5.74, 6) is 0.526. The number of oxazole rings is 1. The van der Waals surface area contributed by atoms with Gasteiger partial charge in [-0.15, -0.1) is 0 Å². The van der Waals surface area contributed by atoms with E-state index in [4.69, 9.17) is 4.42 Å². The van der Waals surface area contributed by atoms with E-state index in [-0.39, 0.29) is 5.82 Å². The molecule has 1 N–H and O–H groups in total. The third-order valence-electron chi connectivity index (χ3n) is 4.24. The molecular weight excluding hydrogens is 331 g/mol. The van der Waals surface area contributed by atoms with Gasteiger partial charge in [0.2, 0.25) is 0 Å². The van der Waals surface area contributed by atoms with E-state index in [0.717, 1.165) is 22.2 Å². The molecule has 0 radical (unpaired) electrons. The average molecular weight is 344 g/mol. The molecule has 0 aliphatic carbocycles. The zero-order valence-corrected chi connectivity index (χ0v) is 13.8. The molecule has 0 saturated carbocycles. The summed E-state index contributed by atoms with van der Waals surface area (Å²) >= 11 is 0. The van der Waals surface area contributed by atoms with Crippen molar-refractivity contribution in [3.8, 4) is 22.8 Å². The number of benzene rings is 2. The largest absolute Gasteiger partial charge is 0.434 e. The van der Waals surface area contributed by atoms with Gasteiger partial charge in [-0.05, 0) is 54.4 Å². The number of H-pyrrole nitrogens is 1. The fraction of sp³-hybridized carbons (Fsp3) is 0.0500. The lowest BCUT2D eigenvalue weighted by Gasteiger charge is -2.01. The number of pyridine rings is 1. The van der Waals surface area contributed by atoms with Crippen molar-refractivity contribution in [1.29, 1.82) is 0 Å². The van der Waals surface area contributed by atoms with Gasteiger partial charge in [-0.2, -0.15) is 0 Å². The number of nitrogens with one attached hydrogen (secondary N) is 1. The lowest BCUT2D eigenvalue weighted by atomic mass is 10.1.